The summed E-state index contributed by atoms with van der Waals surface area (Å²) in [5.74, 6) is -0.201. The molecule has 1 aromatic carbocycles. The third-order valence-electron chi connectivity index (χ3n) is 3.51. The number of alkyl halides is 3. The smallest absolute Gasteiger partial charge is 0.418 e. The van der Waals surface area contributed by atoms with E-state index in [1.165, 1.54) is 0 Å². The fraction of sp³-hybridized carbons (Fsp3) is 0.538. The van der Waals surface area contributed by atoms with Gasteiger partial charge in [0.25, 0.3) is 5.69 Å². The highest BCUT2D eigenvalue weighted by Gasteiger charge is 2.37. The van der Waals surface area contributed by atoms with Crippen molar-refractivity contribution in [1.29, 1.82) is 0 Å². The largest absolute Gasteiger partial charge is 0.492 e. The average molecular weight is 319 g/mol. The minimum Gasteiger partial charge on any atom is -0.492 e. The van der Waals surface area contributed by atoms with Crippen LogP contribution in [0, 0.1) is 10.1 Å². The predicted molar refractivity (Wildman–Crippen MR) is 73.7 cm³/mol. The van der Waals surface area contributed by atoms with E-state index in [-0.39, 0.29) is 12.4 Å². The molecular weight excluding hydrogens is 303 g/mol. The summed E-state index contributed by atoms with van der Waals surface area (Å²) in [6.07, 6.45) is -2.60. The number of hydrogen-bond donors (Lipinski definition) is 1. The van der Waals surface area contributed by atoms with Gasteiger partial charge in [-0.2, -0.15) is 13.2 Å². The van der Waals surface area contributed by atoms with Crippen LogP contribution in [0.1, 0.15) is 18.4 Å². The predicted octanol–water partition coefficient (Wildman–Crippen LogP) is 2.67. The van der Waals surface area contributed by atoms with Gasteiger partial charge in [0.15, 0.2) is 0 Å². The summed E-state index contributed by atoms with van der Waals surface area (Å²) in [7, 11) is 0. The van der Waals surface area contributed by atoms with E-state index in [0.717, 1.165) is 32.0 Å². The molecule has 0 atom stereocenters. The van der Waals surface area contributed by atoms with Crippen LogP contribution >= 0.6 is 0 Å². The van der Waals surface area contributed by atoms with Crippen molar-refractivity contribution in [2.24, 2.45) is 0 Å². The quantitative estimate of drug-likeness (QED) is 0.512. The number of benzene rings is 1. The molecule has 0 bridgehead atoms. The molecule has 1 fully saturated rings. The third-order valence-corrected chi connectivity index (χ3v) is 3.51. The van der Waals surface area contributed by atoms with E-state index < -0.39 is 28.0 Å². The SMILES string of the molecule is Nc1c([N+](=O)[O-])cc(OCCN2CCCC2)cc1C(F)(F)F. The zero-order chi connectivity index (χ0) is 16.3. The van der Waals surface area contributed by atoms with Gasteiger partial charge < -0.3 is 10.5 Å². The van der Waals surface area contributed by atoms with Crippen LogP contribution in [0.2, 0.25) is 0 Å². The van der Waals surface area contributed by atoms with Crippen LogP contribution in [0.25, 0.3) is 0 Å². The number of nitro groups is 1. The number of nitrogens with two attached hydrogens (primary N) is 1. The van der Waals surface area contributed by atoms with E-state index in [1.807, 2.05) is 0 Å². The van der Waals surface area contributed by atoms with E-state index in [2.05, 4.69) is 4.90 Å². The van der Waals surface area contributed by atoms with Gasteiger partial charge in [0.05, 0.1) is 16.6 Å². The first-order chi connectivity index (χ1) is 10.3. The van der Waals surface area contributed by atoms with E-state index in [1.54, 1.807) is 0 Å². The van der Waals surface area contributed by atoms with Crippen LogP contribution in [-0.2, 0) is 6.18 Å². The Balaban J connectivity index is 2.16. The van der Waals surface area contributed by atoms with Crippen LogP contribution in [0.4, 0.5) is 24.5 Å². The molecular formula is C13H16F3N3O3. The fourth-order valence-electron chi connectivity index (χ4n) is 2.38. The molecule has 0 radical (unpaired) electrons. The van der Waals surface area contributed by atoms with Gasteiger partial charge in [0.2, 0.25) is 0 Å². The van der Waals surface area contributed by atoms with Crippen LogP contribution in [0.5, 0.6) is 5.75 Å². The Labute approximate surface area is 124 Å². The van der Waals surface area contributed by atoms with Gasteiger partial charge in [-0.15, -0.1) is 0 Å². The van der Waals surface area contributed by atoms with Crippen molar-refractivity contribution in [2.75, 3.05) is 32.0 Å². The molecule has 22 heavy (non-hydrogen) atoms. The second kappa shape index (κ2) is 6.39. The summed E-state index contributed by atoms with van der Waals surface area (Å²) in [5.41, 5.74) is 2.29. The molecule has 122 valence electrons. The number of nitrogen functional groups attached to an aromatic ring is 1. The number of nitro benzene ring substituents is 1. The summed E-state index contributed by atoms with van der Waals surface area (Å²) in [5, 5.41) is 10.8. The molecule has 1 aliphatic heterocycles. The Kier molecular flexibility index (Phi) is 4.74. The lowest BCUT2D eigenvalue weighted by Crippen LogP contribution is -2.25. The highest BCUT2D eigenvalue weighted by molar-refractivity contribution is 5.66. The van der Waals surface area contributed by atoms with Gasteiger partial charge in [-0.05, 0) is 32.0 Å². The molecule has 6 nitrogen and oxygen atoms in total. The van der Waals surface area contributed by atoms with Crippen LogP contribution in [0.15, 0.2) is 12.1 Å². The lowest BCUT2D eigenvalue weighted by Gasteiger charge is -2.16. The molecule has 1 saturated heterocycles. The molecule has 2 rings (SSSR count). The maximum atomic E-state index is 12.9. The first-order valence-corrected chi connectivity index (χ1v) is 6.79. The first kappa shape index (κ1) is 16.3. The number of likely N-dealkylation sites (tertiary alicyclic amines) is 1. The zero-order valence-electron chi connectivity index (χ0n) is 11.7. The van der Waals surface area contributed by atoms with Crippen molar-refractivity contribution < 1.29 is 22.8 Å². The van der Waals surface area contributed by atoms with Gasteiger partial charge in [-0.1, -0.05) is 0 Å². The number of anilines is 1. The molecule has 9 heteroatoms. The van der Waals surface area contributed by atoms with Crippen molar-refractivity contribution in [1.82, 2.24) is 4.90 Å². The molecule has 0 amide bonds. The number of ether oxygens (including phenoxy) is 1. The standard InChI is InChI=1S/C13H16F3N3O3/c14-13(15,16)10-7-9(8-11(12(10)17)19(20)21)22-6-5-18-3-1-2-4-18/h7-8H,1-6,17H2. The topological polar surface area (TPSA) is 81.6 Å². The van der Waals surface area contributed by atoms with Crippen molar-refractivity contribution in [3.05, 3.63) is 27.8 Å². The summed E-state index contributed by atoms with van der Waals surface area (Å²) in [6.45, 7) is 2.59. The fourth-order valence-corrected chi connectivity index (χ4v) is 2.38. The molecule has 2 N–H and O–H groups in total. The number of rotatable bonds is 5. The normalized spacial score (nSPS) is 16.0. The van der Waals surface area contributed by atoms with Gasteiger partial charge >= 0.3 is 6.18 Å². The maximum absolute atomic E-state index is 12.9. The van der Waals surface area contributed by atoms with E-state index >= 15 is 0 Å². The molecule has 0 spiro atoms. The van der Waals surface area contributed by atoms with Gasteiger partial charge in [-0.3, -0.25) is 15.0 Å². The van der Waals surface area contributed by atoms with E-state index in [0.29, 0.717) is 12.6 Å². The first-order valence-electron chi connectivity index (χ1n) is 6.79. The molecule has 0 aromatic heterocycles. The molecule has 0 unspecified atom stereocenters. The summed E-state index contributed by atoms with van der Waals surface area (Å²) in [6, 6.07) is 1.63. The maximum Gasteiger partial charge on any atom is 0.418 e. The molecule has 1 aromatic rings. The van der Waals surface area contributed by atoms with E-state index in [4.69, 9.17) is 10.5 Å². The Morgan fingerprint density at radius 1 is 1.32 bits per heavy atom. The van der Waals surface area contributed by atoms with E-state index in [9.17, 15) is 23.3 Å². The van der Waals surface area contributed by atoms with Crippen LogP contribution in [0.3, 0.4) is 0 Å². The third kappa shape index (κ3) is 3.79. The Morgan fingerprint density at radius 3 is 2.50 bits per heavy atom. The molecule has 1 aliphatic rings. The minimum atomic E-state index is -4.77. The molecule has 0 saturated carbocycles. The van der Waals surface area contributed by atoms with Crippen molar-refractivity contribution in [3.63, 3.8) is 0 Å². The number of nitrogens with zero attached hydrogens (tertiary/aromatic N) is 2. The van der Waals surface area contributed by atoms with Crippen molar-refractivity contribution in [2.45, 2.75) is 19.0 Å². The highest BCUT2D eigenvalue weighted by atomic mass is 19.4. The molecule has 0 aliphatic carbocycles. The molecule has 1 heterocycles. The summed E-state index contributed by atoms with van der Waals surface area (Å²) >= 11 is 0. The summed E-state index contributed by atoms with van der Waals surface area (Å²) < 4.78 is 43.9. The van der Waals surface area contributed by atoms with Crippen LogP contribution < -0.4 is 10.5 Å². The van der Waals surface area contributed by atoms with Crippen molar-refractivity contribution >= 4 is 11.4 Å². The van der Waals surface area contributed by atoms with Gasteiger partial charge in [-0.25, -0.2) is 0 Å². The summed E-state index contributed by atoms with van der Waals surface area (Å²) in [4.78, 5) is 12.0. The Hall–Kier alpha value is -2.03. The van der Waals surface area contributed by atoms with Crippen molar-refractivity contribution in [3.8, 4) is 5.75 Å². The second-order valence-corrected chi connectivity index (χ2v) is 5.06. The number of halogens is 3. The van der Waals surface area contributed by atoms with Crippen LogP contribution in [-0.4, -0.2) is 36.1 Å². The number of hydrogen-bond acceptors (Lipinski definition) is 5. The van der Waals surface area contributed by atoms with Gasteiger partial charge in [0, 0.05) is 6.54 Å². The monoisotopic (exact) mass is 319 g/mol. The highest BCUT2D eigenvalue weighted by Crippen LogP contribution is 2.40. The Bertz CT molecular complexity index is 557. The lowest BCUT2D eigenvalue weighted by molar-refractivity contribution is -0.384. The van der Waals surface area contributed by atoms with Gasteiger partial charge in [0.1, 0.15) is 18.0 Å². The Morgan fingerprint density at radius 2 is 1.95 bits per heavy atom. The second-order valence-electron chi connectivity index (χ2n) is 5.06. The average Bonchev–Trinajstić information content (AvgIpc) is 2.91. The minimum absolute atomic E-state index is 0.165. The zero-order valence-corrected chi connectivity index (χ0v) is 11.7. The lowest BCUT2D eigenvalue weighted by atomic mass is 10.1.